The zero-order valence-corrected chi connectivity index (χ0v) is 26.1. The summed E-state index contributed by atoms with van der Waals surface area (Å²) in [6.45, 7) is -0.0820. The highest BCUT2D eigenvalue weighted by atomic mass is 16.7. The summed E-state index contributed by atoms with van der Waals surface area (Å²) >= 11 is 0. The summed E-state index contributed by atoms with van der Waals surface area (Å²) in [4.78, 5) is 39.1. The molecule has 12 nitrogen and oxygen atoms in total. The zero-order valence-electron chi connectivity index (χ0n) is 26.1. The average Bonchev–Trinajstić information content (AvgIpc) is 3.09. The van der Waals surface area contributed by atoms with Crippen molar-refractivity contribution >= 4 is 28.4 Å². The minimum Gasteiger partial charge on any atom is -0.493 e. The number of methoxy groups -OCH3 is 4. The number of fused-ring (bicyclic) bond motifs is 1. The van der Waals surface area contributed by atoms with E-state index < -0.39 is 17.5 Å². The van der Waals surface area contributed by atoms with Gasteiger partial charge in [-0.15, -0.1) is 0 Å². The molecule has 0 unspecified atom stereocenters. The second-order valence-electron chi connectivity index (χ2n) is 10.2. The maximum Gasteiger partial charge on any atom is 0.355 e. The van der Waals surface area contributed by atoms with Gasteiger partial charge in [0.15, 0.2) is 18.3 Å². The topological polar surface area (TPSA) is 158 Å². The molecule has 1 aromatic heterocycles. The number of nitrogens with two attached hydrogens (primary N) is 1. The van der Waals surface area contributed by atoms with Crippen LogP contribution in [0.3, 0.4) is 0 Å². The first kappa shape index (κ1) is 32.4. The number of carboxylic acid groups (broad SMARTS) is 1. The predicted molar refractivity (Wildman–Crippen MR) is 174 cm³/mol. The Morgan fingerprint density at radius 2 is 1.53 bits per heavy atom. The van der Waals surface area contributed by atoms with Gasteiger partial charge in [0.05, 0.1) is 46.0 Å². The summed E-state index contributed by atoms with van der Waals surface area (Å²) in [5.41, 5.74) is 7.87. The van der Waals surface area contributed by atoms with Crippen LogP contribution in [-0.2, 0) is 16.1 Å². The van der Waals surface area contributed by atoms with Crippen molar-refractivity contribution < 1.29 is 43.1 Å². The number of carboxylic acids is 1. The number of ether oxygens (including phenoxy) is 6. The van der Waals surface area contributed by atoms with Gasteiger partial charge in [-0.3, -0.25) is 9.36 Å². The highest BCUT2D eigenvalue weighted by Gasteiger charge is 2.27. The molecule has 0 saturated carbocycles. The lowest BCUT2D eigenvalue weighted by molar-refractivity contribution is 0.00510. The maximum atomic E-state index is 14.3. The van der Waals surface area contributed by atoms with Crippen LogP contribution in [0.1, 0.15) is 26.4 Å². The van der Waals surface area contributed by atoms with Gasteiger partial charge in [0.1, 0.15) is 11.4 Å². The molecule has 47 heavy (non-hydrogen) atoms. The lowest BCUT2D eigenvalue weighted by atomic mass is 9.95. The molecular formula is C35H32N2O10. The number of pyridine rings is 1. The Balaban J connectivity index is 1.66. The van der Waals surface area contributed by atoms with Crippen LogP contribution in [0.2, 0.25) is 0 Å². The van der Waals surface area contributed by atoms with Crippen LogP contribution in [0.4, 0.5) is 5.69 Å². The molecule has 0 aliphatic heterocycles. The molecule has 0 saturated heterocycles. The molecule has 0 bridgehead atoms. The quantitative estimate of drug-likeness (QED) is 0.0789. The second-order valence-corrected chi connectivity index (χ2v) is 10.2. The van der Waals surface area contributed by atoms with Gasteiger partial charge < -0.3 is 39.3 Å². The van der Waals surface area contributed by atoms with E-state index in [0.29, 0.717) is 56.4 Å². The Kier molecular flexibility index (Phi) is 9.62. The Bertz CT molecular complexity index is 1990. The van der Waals surface area contributed by atoms with Crippen molar-refractivity contribution in [2.45, 2.75) is 6.61 Å². The standard InChI is InChI=1S/C35H32N2O10/c1-42-28-15-22(16-29(43-2)32(28)44-3)30-26-13-12-25(47-19-46-18-20-6-5-7-21(14-20)34(39)40)17-27(26)33(38)37(31(30)35(41)45-4)24-10-8-23(36)9-11-24/h5-17H,18-19,36H2,1-4H3,(H,39,40). The number of hydrogen-bond donors (Lipinski definition) is 2. The predicted octanol–water partition coefficient (Wildman–Crippen LogP) is 5.30. The SMILES string of the molecule is COC(=O)c1c(-c2cc(OC)c(OC)c(OC)c2)c2ccc(OCOCc3cccc(C(=O)O)c3)cc2c(=O)n1-c1ccc(N)cc1. The third-order valence-corrected chi connectivity index (χ3v) is 7.39. The fourth-order valence-electron chi connectivity index (χ4n) is 5.21. The molecular weight excluding hydrogens is 608 g/mol. The number of rotatable bonds is 12. The molecule has 5 rings (SSSR count). The lowest BCUT2D eigenvalue weighted by Gasteiger charge is -2.21. The molecule has 0 fully saturated rings. The molecule has 0 aliphatic carbocycles. The van der Waals surface area contributed by atoms with E-state index in [-0.39, 0.29) is 30.0 Å². The molecule has 0 amide bonds. The molecule has 4 aromatic carbocycles. The summed E-state index contributed by atoms with van der Waals surface area (Å²) in [5.74, 6) is -0.459. The van der Waals surface area contributed by atoms with E-state index >= 15 is 0 Å². The lowest BCUT2D eigenvalue weighted by Crippen LogP contribution is -2.27. The number of anilines is 1. The van der Waals surface area contributed by atoms with Gasteiger partial charge in [-0.1, -0.05) is 12.1 Å². The molecule has 0 aliphatic rings. The molecule has 3 N–H and O–H groups in total. The highest BCUT2D eigenvalue weighted by molar-refractivity contribution is 6.08. The smallest absolute Gasteiger partial charge is 0.355 e. The Labute approximate surface area is 269 Å². The molecule has 0 atom stereocenters. The van der Waals surface area contributed by atoms with Crippen molar-refractivity contribution in [1.82, 2.24) is 4.57 Å². The van der Waals surface area contributed by atoms with Crippen LogP contribution < -0.4 is 30.2 Å². The van der Waals surface area contributed by atoms with Crippen LogP contribution in [0.25, 0.3) is 27.6 Å². The molecule has 242 valence electrons. The van der Waals surface area contributed by atoms with E-state index in [2.05, 4.69) is 0 Å². The zero-order chi connectivity index (χ0) is 33.7. The number of esters is 1. The van der Waals surface area contributed by atoms with Crippen molar-refractivity contribution in [3.8, 4) is 39.8 Å². The number of nitrogens with zero attached hydrogens (tertiary/aromatic N) is 1. The van der Waals surface area contributed by atoms with Gasteiger partial charge in [0.25, 0.3) is 5.56 Å². The van der Waals surface area contributed by atoms with Crippen LogP contribution in [-0.4, -0.2) is 56.8 Å². The molecule has 0 spiro atoms. The van der Waals surface area contributed by atoms with Crippen molar-refractivity contribution in [1.29, 1.82) is 0 Å². The number of nitrogen functional groups attached to an aromatic ring is 1. The second kappa shape index (κ2) is 14.0. The van der Waals surface area contributed by atoms with Crippen LogP contribution in [0.15, 0.2) is 83.7 Å². The third kappa shape index (κ3) is 6.53. The summed E-state index contributed by atoms with van der Waals surface area (Å²) in [5, 5.41) is 9.88. The first-order valence-electron chi connectivity index (χ1n) is 14.2. The number of aromatic carboxylic acids is 1. The largest absolute Gasteiger partial charge is 0.493 e. The average molecular weight is 641 g/mol. The first-order chi connectivity index (χ1) is 22.7. The monoisotopic (exact) mass is 640 g/mol. The van der Waals surface area contributed by atoms with Crippen molar-refractivity contribution in [2.24, 2.45) is 0 Å². The maximum absolute atomic E-state index is 14.3. The number of hydrogen-bond acceptors (Lipinski definition) is 10. The fourth-order valence-corrected chi connectivity index (χ4v) is 5.21. The summed E-state index contributed by atoms with van der Waals surface area (Å²) < 4.78 is 34.6. The number of carbonyl (C=O) groups is 2. The van der Waals surface area contributed by atoms with Crippen molar-refractivity contribution in [3.63, 3.8) is 0 Å². The third-order valence-electron chi connectivity index (χ3n) is 7.39. The number of benzene rings is 4. The van der Waals surface area contributed by atoms with E-state index in [4.69, 9.17) is 34.2 Å². The Morgan fingerprint density at radius 3 is 2.15 bits per heavy atom. The minimum atomic E-state index is -1.04. The van der Waals surface area contributed by atoms with Gasteiger partial charge in [0.2, 0.25) is 5.75 Å². The normalized spacial score (nSPS) is 10.8. The fraction of sp³-hybridized carbons (Fsp3) is 0.171. The Hall–Kier alpha value is -6.01. The summed E-state index contributed by atoms with van der Waals surface area (Å²) in [6.07, 6.45) is 0. The number of aromatic nitrogens is 1. The van der Waals surface area contributed by atoms with Crippen LogP contribution in [0, 0.1) is 0 Å². The molecule has 12 heteroatoms. The van der Waals surface area contributed by atoms with E-state index in [0.717, 1.165) is 0 Å². The van der Waals surface area contributed by atoms with Crippen LogP contribution >= 0.6 is 0 Å². The van der Waals surface area contributed by atoms with Gasteiger partial charge in [-0.2, -0.15) is 0 Å². The van der Waals surface area contributed by atoms with E-state index in [1.54, 1.807) is 66.7 Å². The first-order valence-corrected chi connectivity index (χ1v) is 14.2. The summed E-state index contributed by atoms with van der Waals surface area (Å²) in [6, 6.07) is 21.1. The van der Waals surface area contributed by atoms with Gasteiger partial charge >= 0.3 is 11.9 Å². The summed E-state index contributed by atoms with van der Waals surface area (Å²) in [7, 11) is 5.67. The van der Waals surface area contributed by atoms with Gasteiger partial charge in [-0.05, 0) is 83.2 Å². The highest BCUT2D eigenvalue weighted by Crippen LogP contribution is 2.44. The number of carbonyl (C=O) groups excluding carboxylic acids is 1. The van der Waals surface area contributed by atoms with E-state index in [1.807, 2.05) is 0 Å². The van der Waals surface area contributed by atoms with E-state index in [1.165, 1.54) is 45.1 Å². The molecule has 1 heterocycles. The van der Waals surface area contributed by atoms with Crippen LogP contribution in [0.5, 0.6) is 23.0 Å². The van der Waals surface area contributed by atoms with Gasteiger partial charge in [-0.25, -0.2) is 9.59 Å². The van der Waals surface area contributed by atoms with Crippen molar-refractivity contribution in [2.75, 3.05) is 41.0 Å². The van der Waals surface area contributed by atoms with E-state index in [9.17, 15) is 19.5 Å². The van der Waals surface area contributed by atoms with Gasteiger partial charge in [0, 0.05) is 16.9 Å². The minimum absolute atomic E-state index is 0.0374. The molecule has 5 aromatic rings. The molecule has 0 radical (unpaired) electrons. The van der Waals surface area contributed by atoms with Crippen molar-refractivity contribution in [3.05, 3.63) is 106 Å². The Morgan fingerprint density at radius 1 is 0.830 bits per heavy atom.